The molecule has 0 radical (unpaired) electrons. The molecular formula is C27H26F3N9O3. The van der Waals surface area contributed by atoms with Gasteiger partial charge in [-0.15, -0.1) is 10.2 Å². The number of likely N-dealkylation sites (N-methyl/N-ethyl adjacent to an activating group) is 1. The Morgan fingerprint density at radius 3 is 2.67 bits per heavy atom. The number of halogens is 3. The maximum atomic E-state index is 13.2. The first-order valence-electron chi connectivity index (χ1n) is 13.1. The predicted octanol–water partition coefficient (Wildman–Crippen LogP) is 2.11. The average molecular weight is 582 g/mol. The monoisotopic (exact) mass is 581 g/mol. The molecule has 1 unspecified atom stereocenters. The number of amides is 2. The molecule has 0 bridgehead atoms. The minimum atomic E-state index is -4.59. The molecule has 2 aromatic heterocycles. The van der Waals surface area contributed by atoms with Crippen molar-refractivity contribution < 1.29 is 27.5 Å². The zero-order valence-electron chi connectivity index (χ0n) is 22.5. The normalized spacial score (nSPS) is 17.3. The van der Waals surface area contributed by atoms with Crippen molar-refractivity contribution in [2.24, 2.45) is 0 Å². The topological polar surface area (TPSA) is 123 Å². The lowest BCUT2D eigenvalue weighted by Crippen LogP contribution is -2.49. The summed E-state index contributed by atoms with van der Waals surface area (Å²) in [6.07, 6.45) is -3.14. The molecule has 1 atom stereocenters. The van der Waals surface area contributed by atoms with Gasteiger partial charge >= 0.3 is 6.18 Å². The number of aromatic nitrogens is 6. The minimum Gasteiger partial charge on any atom is -0.489 e. The van der Waals surface area contributed by atoms with E-state index in [0.29, 0.717) is 31.1 Å². The Labute approximate surface area is 237 Å². The second-order valence-corrected chi connectivity index (χ2v) is 10.1. The van der Waals surface area contributed by atoms with Crippen LogP contribution in [-0.2, 0) is 37.1 Å². The van der Waals surface area contributed by atoms with Crippen LogP contribution in [0.3, 0.4) is 0 Å². The van der Waals surface area contributed by atoms with Gasteiger partial charge in [0.15, 0.2) is 0 Å². The smallest absolute Gasteiger partial charge is 0.453 e. The SMILES string of the molecule is CN1C(=O)C(NC(=O)c2ncn(Cc3ccccc3)n2)COc2cc(CN3CCn4nc(C(F)(F)F)nc4C3)ccc21. The summed E-state index contributed by atoms with van der Waals surface area (Å²) in [5.74, 6) is -1.47. The number of carbonyl (C=O) groups excluding carboxylic acids is 2. The van der Waals surface area contributed by atoms with Gasteiger partial charge in [-0.05, 0) is 23.3 Å². The summed E-state index contributed by atoms with van der Waals surface area (Å²) < 4.78 is 47.8. The van der Waals surface area contributed by atoms with Gasteiger partial charge in [0.05, 0.1) is 25.3 Å². The summed E-state index contributed by atoms with van der Waals surface area (Å²) >= 11 is 0. The van der Waals surface area contributed by atoms with E-state index in [2.05, 4.69) is 25.5 Å². The molecule has 12 nitrogen and oxygen atoms in total. The van der Waals surface area contributed by atoms with Gasteiger partial charge in [0.2, 0.25) is 5.82 Å². The van der Waals surface area contributed by atoms with Crippen LogP contribution in [0.15, 0.2) is 54.9 Å². The summed E-state index contributed by atoms with van der Waals surface area (Å²) in [6.45, 7) is 1.76. The van der Waals surface area contributed by atoms with Gasteiger partial charge in [-0.1, -0.05) is 36.4 Å². The van der Waals surface area contributed by atoms with Crippen LogP contribution >= 0.6 is 0 Å². The van der Waals surface area contributed by atoms with Gasteiger partial charge in [-0.2, -0.15) is 13.2 Å². The second kappa shape index (κ2) is 10.9. The van der Waals surface area contributed by atoms with E-state index in [-0.39, 0.29) is 37.3 Å². The molecule has 0 saturated carbocycles. The summed E-state index contributed by atoms with van der Waals surface area (Å²) in [4.78, 5) is 37.2. The molecule has 2 aromatic carbocycles. The number of ether oxygens (including phenoxy) is 1. The highest BCUT2D eigenvalue weighted by molar-refractivity contribution is 6.02. The predicted molar refractivity (Wildman–Crippen MR) is 141 cm³/mol. The molecule has 42 heavy (non-hydrogen) atoms. The molecule has 0 aliphatic carbocycles. The lowest BCUT2D eigenvalue weighted by molar-refractivity contribution is -0.145. The van der Waals surface area contributed by atoms with Crippen LogP contribution in [0.1, 0.15) is 33.4 Å². The van der Waals surface area contributed by atoms with E-state index in [4.69, 9.17) is 4.74 Å². The van der Waals surface area contributed by atoms with Gasteiger partial charge in [0.1, 0.15) is 30.5 Å². The number of anilines is 1. The fourth-order valence-electron chi connectivity index (χ4n) is 4.92. The minimum absolute atomic E-state index is 0.0647. The fourth-order valence-corrected chi connectivity index (χ4v) is 4.92. The summed E-state index contributed by atoms with van der Waals surface area (Å²) in [6, 6.07) is 14.0. The molecule has 2 amide bonds. The molecule has 0 spiro atoms. The Morgan fingerprint density at radius 2 is 1.88 bits per heavy atom. The zero-order valence-corrected chi connectivity index (χ0v) is 22.5. The summed E-state index contributed by atoms with van der Waals surface area (Å²) in [7, 11) is 1.59. The number of alkyl halides is 3. The van der Waals surface area contributed by atoms with Crippen molar-refractivity contribution in [2.45, 2.75) is 38.4 Å². The van der Waals surface area contributed by atoms with Gasteiger partial charge in [0.25, 0.3) is 17.6 Å². The Morgan fingerprint density at radius 1 is 1.07 bits per heavy atom. The van der Waals surface area contributed by atoms with E-state index in [1.807, 2.05) is 41.3 Å². The van der Waals surface area contributed by atoms with Crippen molar-refractivity contribution in [3.63, 3.8) is 0 Å². The van der Waals surface area contributed by atoms with E-state index in [1.54, 1.807) is 23.9 Å². The van der Waals surface area contributed by atoms with E-state index in [1.165, 1.54) is 15.9 Å². The van der Waals surface area contributed by atoms with Gasteiger partial charge in [-0.3, -0.25) is 14.5 Å². The highest BCUT2D eigenvalue weighted by Gasteiger charge is 2.38. The number of hydrogen-bond donors (Lipinski definition) is 1. The van der Waals surface area contributed by atoms with Crippen LogP contribution < -0.4 is 15.0 Å². The van der Waals surface area contributed by atoms with Crippen LogP contribution in [0.5, 0.6) is 5.75 Å². The third-order valence-electron chi connectivity index (χ3n) is 7.05. The van der Waals surface area contributed by atoms with Gasteiger partial charge in [-0.25, -0.2) is 19.3 Å². The first-order valence-corrected chi connectivity index (χ1v) is 13.1. The number of benzene rings is 2. The molecule has 2 aliphatic heterocycles. The van der Waals surface area contributed by atoms with E-state index in [9.17, 15) is 22.8 Å². The molecule has 4 heterocycles. The van der Waals surface area contributed by atoms with Gasteiger partial charge < -0.3 is 15.0 Å². The maximum absolute atomic E-state index is 13.2. The second-order valence-electron chi connectivity index (χ2n) is 10.1. The number of fused-ring (bicyclic) bond motifs is 2. The molecule has 0 fully saturated rings. The number of rotatable bonds is 6. The van der Waals surface area contributed by atoms with Crippen LogP contribution in [0.25, 0.3) is 0 Å². The maximum Gasteiger partial charge on any atom is 0.453 e. The highest BCUT2D eigenvalue weighted by atomic mass is 19.4. The summed E-state index contributed by atoms with van der Waals surface area (Å²) in [5.41, 5.74) is 2.37. The van der Waals surface area contributed by atoms with Crippen LogP contribution in [-0.4, -0.2) is 72.5 Å². The molecule has 0 saturated heterocycles. The Bertz CT molecular complexity index is 1620. The lowest BCUT2D eigenvalue weighted by atomic mass is 10.1. The standard InChI is InChI=1S/C27H26F3N9O3/c1-36-20-8-7-18(12-37-9-10-39-22(14-37)33-26(35-39)27(28,29)30)11-21(20)42-15-19(25(36)41)32-24(40)23-31-16-38(34-23)13-17-5-3-2-4-6-17/h2-8,11,16,19H,9-10,12-15H2,1H3,(H,32,40). The molecule has 4 aromatic rings. The Hall–Kier alpha value is -4.79. The van der Waals surface area contributed by atoms with E-state index >= 15 is 0 Å². The van der Waals surface area contributed by atoms with Crippen LogP contribution in [0.4, 0.5) is 18.9 Å². The van der Waals surface area contributed by atoms with Crippen molar-refractivity contribution in [3.05, 3.63) is 83.5 Å². The first kappa shape index (κ1) is 27.4. The Kier molecular flexibility index (Phi) is 7.10. The van der Waals surface area contributed by atoms with Crippen LogP contribution in [0, 0.1) is 0 Å². The van der Waals surface area contributed by atoms with E-state index < -0.39 is 23.9 Å². The number of nitrogens with zero attached hydrogens (tertiary/aromatic N) is 8. The van der Waals surface area contributed by atoms with Crippen molar-refractivity contribution in [2.75, 3.05) is 25.1 Å². The third kappa shape index (κ3) is 5.68. The number of hydrogen-bond acceptors (Lipinski definition) is 8. The number of nitrogens with one attached hydrogen (secondary N) is 1. The average Bonchev–Trinajstić information content (AvgIpc) is 3.60. The Balaban J connectivity index is 1.10. The van der Waals surface area contributed by atoms with Crippen molar-refractivity contribution in [1.29, 1.82) is 0 Å². The van der Waals surface area contributed by atoms with Gasteiger partial charge in [0, 0.05) is 20.1 Å². The quantitative estimate of drug-likeness (QED) is 0.368. The summed E-state index contributed by atoms with van der Waals surface area (Å²) in [5, 5.41) is 10.5. The first-order chi connectivity index (χ1) is 20.1. The number of carbonyl (C=O) groups is 2. The third-order valence-corrected chi connectivity index (χ3v) is 7.05. The molecule has 15 heteroatoms. The van der Waals surface area contributed by atoms with E-state index in [0.717, 1.165) is 11.1 Å². The molecule has 2 aliphatic rings. The lowest BCUT2D eigenvalue weighted by Gasteiger charge is -2.27. The fraction of sp³-hybridized carbons (Fsp3) is 0.333. The molecule has 6 rings (SSSR count). The molecule has 218 valence electrons. The highest BCUT2D eigenvalue weighted by Crippen LogP contribution is 2.33. The van der Waals surface area contributed by atoms with Crippen molar-refractivity contribution >= 4 is 17.5 Å². The van der Waals surface area contributed by atoms with Crippen LogP contribution in [0.2, 0.25) is 0 Å². The zero-order chi connectivity index (χ0) is 29.4. The largest absolute Gasteiger partial charge is 0.489 e. The molecule has 1 N–H and O–H groups in total. The van der Waals surface area contributed by atoms with Crippen molar-refractivity contribution in [1.82, 2.24) is 39.7 Å². The molecular weight excluding hydrogens is 555 g/mol. The van der Waals surface area contributed by atoms with Crippen molar-refractivity contribution in [3.8, 4) is 5.75 Å².